The molecule has 3 aromatic rings. The summed E-state index contributed by atoms with van der Waals surface area (Å²) in [6.45, 7) is 12.8. The normalized spacial score (nSPS) is 19.1. The molecule has 2 amide bonds. The molecule has 2 aromatic heterocycles. The first-order valence-corrected chi connectivity index (χ1v) is 15.4. The molecule has 1 aromatic carbocycles. The number of aromatic nitrogens is 3. The fourth-order valence-corrected chi connectivity index (χ4v) is 4.50. The first kappa shape index (κ1) is 36.6. The van der Waals surface area contributed by atoms with Crippen molar-refractivity contribution in [2.24, 2.45) is 0 Å². The lowest BCUT2D eigenvalue weighted by atomic mass is 10.1. The second-order valence-corrected chi connectivity index (χ2v) is 13.5. The zero-order valence-corrected chi connectivity index (χ0v) is 28.3. The van der Waals surface area contributed by atoms with E-state index in [2.05, 4.69) is 15.2 Å². The smallest absolute Gasteiger partial charge is 0.424 e. The maximum Gasteiger partial charge on any atom is 0.424 e. The fourth-order valence-electron chi connectivity index (χ4n) is 4.50. The van der Waals surface area contributed by atoms with Crippen molar-refractivity contribution in [3.05, 3.63) is 53.4 Å². The van der Waals surface area contributed by atoms with Gasteiger partial charge in [0.25, 0.3) is 11.8 Å². The molecule has 0 radical (unpaired) electrons. The highest BCUT2D eigenvalue weighted by molar-refractivity contribution is 6.11. The molecule has 4 rings (SSSR count). The molecule has 1 unspecified atom stereocenters. The summed E-state index contributed by atoms with van der Waals surface area (Å²) < 4.78 is 78.6. The Hall–Kier alpha value is -4.24. The van der Waals surface area contributed by atoms with E-state index in [0.717, 1.165) is 5.56 Å². The SMILES string of the molecule is C[C@@H]1CCCOCC(C)(OCc2ccccc2)c2nnc(o2)-c2nc(c(C(F)(F)F)cc2N(C(=O)OC(C)(C)C)C(=O)OC(C)(C)C)O1. The van der Waals surface area contributed by atoms with Gasteiger partial charge in [-0.2, -0.15) is 18.1 Å². The molecular weight excluding hydrogens is 637 g/mol. The number of imide groups is 1. The summed E-state index contributed by atoms with van der Waals surface area (Å²) in [6, 6.07) is 9.88. The van der Waals surface area contributed by atoms with Crippen LogP contribution in [0.1, 0.15) is 85.2 Å². The third-order valence-corrected chi connectivity index (χ3v) is 6.74. The van der Waals surface area contributed by atoms with E-state index in [-0.39, 0.29) is 25.7 Å². The van der Waals surface area contributed by atoms with Gasteiger partial charge in [-0.1, -0.05) is 30.3 Å². The molecular formula is C33H41F3N4O8. The van der Waals surface area contributed by atoms with E-state index in [0.29, 0.717) is 23.8 Å². The Labute approximate surface area is 276 Å². The zero-order valence-electron chi connectivity index (χ0n) is 28.3. The van der Waals surface area contributed by atoms with Gasteiger partial charge in [0.1, 0.15) is 16.8 Å². The number of nitrogens with zero attached hydrogens (tertiary/aromatic N) is 4. The Balaban J connectivity index is 1.95. The molecule has 1 aliphatic heterocycles. The molecule has 48 heavy (non-hydrogen) atoms. The molecule has 4 bridgehead atoms. The fraction of sp³-hybridized carbons (Fsp3) is 0.545. The monoisotopic (exact) mass is 678 g/mol. The molecule has 0 spiro atoms. The van der Waals surface area contributed by atoms with Gasteiger partial charge in [0.2, 0.25) is 5.88 Å². The first-order valence-electron chi connectivity index (χ1n) is 15.4. The van der Waals surface area contributed by atoms with E-state index in [4.69, 9.17) is 28.1 Å². The van der Waals surface area contributed by atoms with E-state index < -0.39 is 70.0 Å². The van der Waals surface area contributed by atoms with Crippen LogP contribution in [0, 0.1) is 0 Å². The van der Waals surface area contributed by atoms with Gasteiger partial charge in [0.15, 0.2) is 11.3 Å². The third kappa shape index (κ3) is 9.43. The standard InChI is InChI=1S/C33H41F3N4O8/c1-20-13-12-16-43-19-32(8,44-18-21-14-10-9-11-15-21)27-39-38-26(46-27)24-23(17-22(33(34,35)36)25(37-24)45-20)40(28(41)47-30(2,3)4)29(42)48-31(5,6)7/h9-11,14-15,17,20H,12-13,16,18-19H2,1-8H3/t20-,32?/m1/s1. The Kier molecular flexibility index (Phi) is 10.7. The van der Waals surface area contributed by atoms with Crippen LogP contribution >= 0.6 is 0 Å². The average Bonchev–Trinajstić information content (AvgIpc) is 3.45. The predicted octanol–water partition coefficient (Wildman–Crippen LogP) is 7.84. The molecule has 0 N–H and O–H groups in total. The van der Waals surface area contributed by atoms with Crippen LogP contribution < -0.4 is 9.64 Å². The lowest BCUT2D eigenvalue weighted by Gasteiger charge is -2.30. The molecule has 15 heteroatoms. The van der Waals surface area contributed by atoms with Gasteiger partial charge >= 0.3 is 18.4 Å². The number of amides is 2. The molecule has 12 nitrogen and oxygen atoms in total. The van der Waals surface area contributed by atoms with Crippen LogP contribution in [0.15, 0.2) is 40.8 Å². The number of pyridine rings is 1. The van der Waals surface area contributed by atoms with E-state index in [9.17, 15) is 22.8 Å². The second-order valence-electron chi connectivity index (χ2n) is 13.5. The van der Waals surface area contributed by atoms with Crippen LogP contribution in [0.25, 0.3) is 11.6 Å². The van der Waals surface area contributed by atoms with Crippen molar-refractivity contribution >= 4 is 17.9 Å². The minimum atomic E-state index is -5.03. The van der Waals surface area contributed by atoms with Gasteiger partial charge in [-0.05, 0) is 79.9 Å². The average molecular weight is 679 g/mol. The van der Waals surface area contributed by atoms with Crippen LogP contribution in [0.5, 0.6) is 5.88 Å². The van der Waals surface area contributed by atoms with Crippen molar-refractivity contribution in [3.63, 3.8) is 0 Å². The summed E-state index contributed by atoms with van der Waals surface area (Å²) in [4.78, 5) is 31.7. The summed E-state index contributed by atoms with van der Waals surface area (Å²) in [6.07, 6.45) is -7.67. The van der Waals surface area contributed by atoms with Crippen molar-refractivity contribution < 1.29 is 50.9 Å². The van der Waals surface area contributed by atoms with Gasteiger partial charge in [-0.25, -0.2) is 14.6 Å². The van der Waals surface area contributed by atoms with Gasteiger partial charge in [-0.3, -0.25) is 0 Å². The van der Waals surface area contributed by atoms with Crippen LogP contribution in [-0.2, 0) is 37.3 Å². The van der Waals surface area contributed by atoms with Crippen molar-refractivity contribution in [2.75, 3.05) is 18.1 Å². The van der Waals surface area contributed by atoms with Crippen LogP contribution in [-0.4, -0.2) is 57.9 Å². The lowest BCUT2D eigenvalue weighted by Crippen LogP contribution is -2.44. The highest BCUT2D eigenvalue weighted by Gasteiger charge is 2.43. The van der Waals surface area contributed by atoms with Gasteiger partial charge < -0.3 is 28.1 Å². The first-order chi connectivity index (χ1) is 22.3. The van der Waals surface area contributed by atoms with Gasteiger partial charge in [-0.15, -0.1) is 10.2 Å². The van der Waals surface area contributed by atoms with E-state index in [1.807, 2.05) is 30.3 Å². The number of benzene rings is 1. The summed E-state index contributed by atoms with van der Waals surface area (Å²) in [5, 5.41) is 8.22. The number of anilines is 1. The number of carbonyl (C=O) groups is 2. The number of rotatable bonds is 4. The quantitative estimate of drug-likeness (QED) is 0.267. The van der Waals surface area contributed by atoms with Gasteiger partial charge in [0.05, 0.1) is 25.0 Å². The summed E-state index contributed by atoms with van der Waals surface area (Å²) in [5.41, 5.74) is -5.28. The minimum Gasteiger partial charge on any atom is -0.474 e. The molecule has 3 heterocycles. The van der Waals surface area contributed by atoms with Crippen LogP contribution in [0.3, 0.4) is 0 Å². The lowest BCUT2D eigenvalue weighted by molar-refractivity contribution is -0.139. The Morgan fingerprint density at radius 2 is 1.62 bits per heavy atom. The van der Waals surface area contributed by atoms with E-state index in [1.54, 1.807) is 13.8 Å². The summed E-state index contributed by atoms with van der Waals surface area (Å²) in [5.74, 6) is -1.34. The zero-order chi connectivity index (χ0) is 35.5. The number of carbonyl (C=O) groups excluding carboxylic acids is 2. The molecule has 0 saturated heterocycles. The predicted molar refractivity (Wildman–Crippen MR) is 166 cm³/mol. The minimum absolute atomic E-state index is 0.0167. The highest BCUT2D eigenvalue weighted by Crippen LogP contribution is 2.43. The maximum absolute atomic E-state index is 14.6. The number of alkyl halides is 3. The number of hydrogen-bond donors (Lipinski definition) is 0. The van der Waals surface area contributed by atoms with Crippen molar-refractivity contribution in [2.45, 2.75) is 104 Å². The second kappa shape index (κ2) is 14.1. The summed E-state index contributed by atoms with van der Waals surface area (Å²) >= 11 is 0. The van der Waals surface area contributed by atoms with Crippen molar-refractivity contribution in [3.8, 4) is 17.5 Å². The number of fused-ring (bicyclic) bond motifs is 5. The van der Waals surface area contributed by atoms with Crippen molar-refractivity contribution in [1.82, 2.24) is 15.2 Å². The molecule has 0 aliphatic carbocycles. The van der Waals surface area contributed by atoms with Crippen LogP contribution in [0.4, 0.5) is 28.4 Å². The molecule has 0 fully saturated rings. The van der Waals surface area contributed by atoms with E-state index in [1.165, 1.54) is 41.5 Å². The largest absolute Gasteiger partial charge is 0.474 e. The van der Waals surface area contributed by atoms with Crippen LogP contribution in [0.2, 0.25) is 0 Å². The number of halogens is 3. The molecule has 262 valence electrons. The topological polar surface area (TPSA) is 135 Å². The molecule has 1 aliphatic rings. The Morgan fingerprint density at radius 3 is 2.21 bits per heavy atom. The highest BCUT2D eigenvalue weighted by atomic mass is 19.4. The molecule has 0 saturated carbocycles. The van der Waals surface area contributed by atoms with E-state index >= 15 is 0 Å². The number of ether oxygens (including phenoxy) is 5. The van der Waals surface area contributed by atoms with Gasteiger partial charge in [0, 0.05) is 6.61 Å². The third-order valence-electron chi connectivity index (χ3n) is 6.74. The Bertz CT molecular complexity index is 1560. The summed E-state index contributed by atoms with van der Waals surface area (Å²) in [7, 11) is 0. The number of hydrogen-bond acceptors (Lipinski definition) is 11. The maximum atomic E-state index is 14.6. The van der Waals surface area contributed by atoms with Crippen molar-refractivity contribution in [1.29, 1.82) is 0 Å². The Morgan fingerprint density at radius 1 is 1.00 bits per heavy atom. The molecule has 2 atom stereocenters.